The second-order valence-corrected chi connectivity index (χ2v) is 12.3. The van der Waals surface area contributed by atoms with Crippen LogP contribution in [0.15, 0.2) is 36.5 Å². The zero-order valence-electron chi connectivity index (χ0n) is 20.2. The maximum absolute atomic E-state index is 10.4. The molecule has 0 amide bonds. The summed E-state index contributed by atoms with van der Waals surface area (Å²) in [6, 6.07) is 0. The van der Waals surface area contributed by atoms with E-state index in [1.807, 2.05) is 0 Å². The van der Waals surface area contributed by atoms with Crippen molar-refractivity contribution >= 4 is 0 Å². The molecule has 3 saturated carbocycles. The lowest BCUT2D eigenvalue weighted by Crippen LogP contribution is -2.73. The summed E-state index contributed by atoms with van der Waals surface area (Å²) < 4.78 is 0. The first-order valence-corrected chi connectivity index (χ1v) is 12.7. The van der Waals surface area contributed by atoms with Gasteiger partial charge < -0.3 is 5.11 Å². The van der Waals surface area contributed by atoms with E-state index in [-0.39, 0.29) is 22.5 Å². The van der Waals surface area contributed by atoms with Crippen molar-refractivity contribution in [2.24, 2.45) is 40.4 Å². The molecule has 31 heavy (non-hydrogen) atoms. The summed E-state index contributed by atoms with van der Waals surface area (Å²) in [7, 11) is 0. The van der Waals surface area contributed by atoms with Crippen LogP contribution < -0.4 is 0 Å². The minimum Gasteiger partial charge on any atom is -0.393 e. The Morgan fingerprint density at radius 3 is 2.48 bits per heavy atom. The standard InChI is InChI=1S/C28H42O3/c1-18(2)19(3)7-8-20(4)22-9-10-23-25(22,5)13-12-24-26(6)14-11-21(29)17-27(26)15-16-28(23,24)31-30-27/h7-8,15-16,19-24,29H,1,9-14,17H2,2-6H3/b8-7+/t19-,20+,21-,22+,23-,24+,25+,26+,27+,28-/m0/s1. The Hall–Kier alpha value is -0.900. The molecule has 1 saturated heterocycles. The molecule has 2 bridgehead atoms. The van der Waals surface area contributed by atoms with Crippen LogP contribution in [0.3, 0.4) is 0 Å². The Morgan fingerprint density at radius 2 is 1.81 bits per heavy atom. The van der Waals surface area contributed by atoms with Gasteiger partial charge in [0.1, 0.15) is 11.2 Å². The third-order valence-electron chi connectivity index (χ3n) is 10.8. The van der Waals surface area contributed by atoms with Crippen LogP contribution in [0.25, 0.3) is 0 Å². The zero-order chi connectivity index (χ0) is 22.2. The highest BCUT2D eigenvalue weighted by Crippen LogP contribution is 2.72. The summed E-state index contributed by atoms with van der Waals surface area (Å²) in [5.74, 6) is 2.65. The summed E-state index contributed by atoms with van der Waals surface area (Å²) in [5.41, 5.74) is 0.809. The van der Waals surface area contributed by atoms with E-state index in [9.17, 15) is 5.11 Å². The molecule has 2 aliphatic heterocycles. The molecule has 6 aliphatic rings. The van der Waals surface area contributed by atoms with Crippen LogP contribution in [0.1, 0.15) is 79.6 Å². The van der Waals surface area contributed by atoms with Crippen LogP contribution in [-0.4, -0.2) is 22.4 Å². The van der Waals surface area contributed by atoms with Crippen LogP contribution in [0.5, 0.6) is 0 Å². The monoisotopic (exact) mass is 426 g/mol. The van der Waals surface area contributed by atoms with Gasteiger partial charge in [-0.1, -0.05) is 58.1 Å². The first kappa shape index (κ1) is 21.9. The predicted octanol–water partition coefficient (Wildman–Crippen LogP) is 6.39. The van der Waals surface area contributed by atoms with Crippen molar-refractivity contribution in [1.29, 1.82) is 0 Å². The molecule has 2 heterocycles. The van der Waals surface area contributed by atoms with Crippen molar-refractivity contribution < 1.29 is 14.9 Å². The Bertz CT molecular complexity index is 815. The number of allylic oxidation sites excluding steroid dienone is 3. The second kappa shape index (κ2) is 7.05. The van der Waals surface area contributed by atoms with Crippen molar-refractivity contribution in [2.45, 2.75) is 96.9 Å². The van der Waals surface area contributed by atoms with Crippen LogP contribution in [-0.2, 0) is 9.78 Å². The molecular weight excluding hydrogens is 384 g/mol. The first-order valence-electron chi connectivity index (χ1n) is 12.7. The predicted molar refractivity (Wildman–Crippen MR) is 124 cm³/mol. The van der Waals surface area contributed by atoms with E-state index >= 15 is 0 Å². The molecule has 0 radical (unpaired) electrons. The van der Waals surface area contributed by atoms with Crippen molar-refractivity contribution in [3.05, 3.63) is 36.5 Å². The van der Waals surface area contributed by atoms with Crippen molar-refractivity contribution in [2.75, 3.05) is 0 Å². The second-order valence-electron chi connectivity index (χ2n) is 12.3. The summed E-state index contributed by atoms with van der Waals surface area (Å²) >= 11 is 0. The number of hydrogen-bond acceptors (Lipinski definition) is 3. The summed E-state index contributed by atoms with van der Waals surface area (Å²) in [5, 5.41) is 10.4. The van der Waals surface area contributed by atoms with Gasteiger partial charge in [-0.25, -0.2) is 9.78 Å². The Labute approximate surface area is 188 Å². The van der Waals surface area contributed by atoms with Crippen LogP contribution >= 0.6 is 0 Å². The molecule has 0 unspecified atom stereocenters. The molecule has 0 aromatic heterocycles. The van der Waals surface area contributed by atoms with Gasteiger partial charge in [0.05, 0.1) is 6.10 Å². The average Bonchev–Trinajstić information content (AvgIpc) is 3.09. The molecule has 3 nitrogen and oxygen atoms in total. The van der Waals surface area contributed by atoms with Crippen LogP contribution in [0.2, 0.25) is 0 Å². The first-order chi connectivity index (χ1) is 14.6. The number of aliphatic hydroxyl groups excluding tert-OH is 1. The molecule has 172 valence electrons. The molecule has 0 aromatic rings. The smallest absolute Gasteiger partial charge is 0.130 e. The average molecular weight is 427 g/mol. The fraction of sp³-hybridized carbons (Fsp3) is 0.786. The van der Waals surface area contributed by atoms with Gasteiger partial charge in [0.25, 0.3) is 0 Å². The van der Waals surface area contributed by atoms with Gasteiger partial charge in [-0.05, 0) is 74.7 Å². The Kier molecular flexibility index (Phi) is 4.98. The Balaban J connectivity index is 1.46. The maximum Gasteiger partial charge on any atom is 0.130 e. The van der Waals surface area contributed by atoms with Gasteiger partial charge in [0.15, 0.2) is 0 Å². The van der Waals surface area contributed by atoms with Gasteiger partial charge in [-0.15, -0.1) is 0 Å². The molecule has 4 aliphatic carbocycles. The molecule has 0 aromatic carbocycles. The third kappa shape index (κ3) is 2.82. The van der Waals surface area contributed by atoms with E-state index in [1.165, 1.54) is 31.3 Å². The van der Waals surface area contributed by atoms with E-state index in [0.717, 1.165) is 12.8 Å². The SMILES string of the molecule is C=C(C)[C@@H](C)/C=C/[C@@H](C)[C@H]1CC[C@H]2[C@]1(C)CC[C@H]1[C@]23C=C[C@]2(C[C@@H](O)CC[C@]12C)OO3. The maximum atomic E-state index is 10.4. The highest BCUT2D eigenvalue weighted by molar-refractivity contribution is 5.33. The normalized spacial score (nSPS) is 52.5. The molecule has 1 N–H and O–H groups in total. The fourth-order valence-corrected chi connectivity index (χ4v) is 8.64. The lowest BCUT2D eigenvalue weighted by molar-refractivity contribution is -0.497. The van der Waals surface area contributed by atoms with Crippen molar-refractivity contribution in [3.63, 3.8) is 0 Å². The largest absolute Gasteiger partial charge is 0.393 e. The van der Waals surface area contributed by atoms with E-state index in [2.05, 4.69) is 65.5 Å². The third-order valence-corrected chi connectivity index (χ3v) is 10.8. The number of aliphatic hydroxyl groups is 1. The molecular formula is C28H42O3. The number of hydrogen-bond donors (Lipinski definition) is 1. The molecule has 4 fully saturated rings. The highest BCUT2D eigenvalue weighted by Gasteiger charge is 2.74. The van der Waals surface area contributed by atoms with Gasteiger partial charge in [-0.3, -0.25) is 0 Å². The number of fused-ring (bicyclic) bond motifs is 2. The lowest BCUT2D eigenvalue weighted by Gasteiger charge is -2.69. The van der Waals surface area contributed by atoms with E-state index in [4.69, 9.17) is 9.78 Å². The Morgan fingerprint density at radius 1 is 1.03 bits per heavy atom. The summed E-state index contributed by atoms with van der Waals surface area (Å²) in [6.07, 6.45) is 16.7. The number of rotatable bonds is 4. The molecule has 2 spiro atoms. The van der Waals surface area contributed by atoms with Crippen LogP contribution in [0.4, 0.5) is 0 Å². The lowest BCUT2D eigenvalue weighted by atomic mass is 9.43. The van der Waals surface area contributed by atoms with E-state index in [1.54, 1.807) is 0 Å². The van der Waals surface area contributed by atoms with E-state index < -0.39 is 5.60 Å². The minimum atomic E-state index is -0.447. The fourth-order valence-electron chi connectivity index (χ4n) is 8.64. The van der Waals surface area contributed by atoms with Gasteiger partial charge in [-0.2, -0.15) is 0 Å². The summed E-state index contributed by atoms with van der Waals surface area (Å²) in [6.45, 7) is 15.8. The van der Waals surface area contributed by atoms with Gasteiger partial charge in [0, 0.05) is 23.7 Å². The molecule has 3 heteroatoms. The molecule has 10 atom stereocenters. The zero-order valence-corrected chi connectivity index (χ0v) is 20.2. The van der Waals surface area contributed by atoms with E-state index in [0.29, 0.717) is 36.0 Å². The van der Waals surface area contributed by atoms with Crippen LogP contribution in [0, 0.1) is 40.4 Å². The minimum absolute atomic E-state index is 0.0566. The summed E-state index contributed by atoms with van der Waals surface area (Å²) in [4.78, 5) is 12.7. The molecule has 6 rings (SSSR count). The van der Waals surface area contributed by atoms with Crippen molar-refractivity contribution in [3.8, 4) is 0 Å². The van der Waals surface area contributed by atoms with Crippen molar-refractivity contribution in [1.82, 2.24) is 0 Å². The highest BCUT2D eigenvalue weighted by atomic mass is 17.2. The van der Waals surface area contributed by atoms with Gasteiger partial charge >= 0.3 is 0 Å². The topological polar surface area (TPSA) is 38.7 Å². The van der Waals surface area contributed by atoms with Gasteiger partial charge in [0.2, 0.25) is 0 Å². The quantitative estimate of drug-likeness (QED) is 0.418.